The number of ether oxygens (including phenoxy) is 2. The molecule has 0 saturated carbocycles. The summed E-state index contributed by atoms with van der Waals surface area (Å²) in [6.45, 7) is 0.285. The minimum atomic E-state index is -0.379. The molecule has 0 aliphatic carbocycles. The molecule has 0 unspecified atom stereocenters. The first kappa shape index (κ1) is 20.1. The third-order valence-corrected chi connectivity index (χ3v) is 4.37. The maximum Gasteiger partial charge on any atom is 0.309 e. The van der Waals surface area contributed by atoms with Crippen molar-refractivity contribution in [2.75, 3.05) is 20.0 Å². The van der Waals surface area contributed by atoms with Crippen molar-refractivity contribution in [3.8, 4) is 6.01 Å². The van der Waals surface area contributed by atoms with E-state index < -0.39 is 0 Å². The number of hydrogen-bond donors (Lipinski definition) is 2. The highest BCUT2D eigenvalue weighted by Crippen LogP contribution is 2.24. The number of anilines is 1. The first-order valence-electron chi connectivity index (χ1n) is 8.84. The molecule has 10 nitrogen and oxygen atoms in total. The monoisotopic (exact) mass is 399 g/mol. The summed E-state index contributed by atoms with van der Waals surface area (Å²) in [6.07, 6.45) is 0.549. The van der Waals surface area contributed by atoms with Gasteiger partial charge in [-0.15, -0.1) is 0 Å². The second-order valence-electron chi connectivity index (χ2n) is 6.34. The summed E-state index contributed by atoms with van der Waals surface area (Å²) in [5.41, 5.74) is 8.28. The summed E-state index contributed by atoms with van der Waals surface area (Å²) < 4.78 is 10.8. The van der Waals surface area contributed by atoms with Crippen LogP contribution in [0.1, 0.15) is 23.4 Å². The van der Waals surface area contributed by atoms with Gasteiger partial charge in [0.2, 0.25) is 0 Å². The highest BCUT2D eigenvalue weighted by atomic mass is 16.5. The molecule has 0 radical (unpaired) electrons. The molecule has 3 rings (SSSR count). The summed E-state index contributed by atoms with van der Waals surface area (Å²) in [5, 5.41) is 10.3. The third-order valence-electron chi connectivity index (χ3n) is 4.37. The van der Waals surface area contributed by atoms with E-state index in [1.165, 1.54) is 18.8 Å². The number of aromatic hydroxyl groups is 1. The van der Waals surface area contributed by atoms with Crippen molar-refractivity contribution >= 4 is 28.9 Å². The Balaban J connectivity index is 1.86. The molecule has 0 amide bonds. The van der Waals surface area contributed by atoms with Crippen molar-refractivity contribution in [3.05, 3.63) is 41.2 Å². The van der Waals surface area contributed by atoms with Crippen LogP contribution in [0.15, 0.2) is 24.3 Å². The Kier molecular flexibility index (Phi) is 5.91. The van der Waals surface area contributed by atoms with Crippen LogP contribution in [0.5, 0.6) is 6.01 Å². The summed E-state index contributed by atoms with van der Waals surface area (Å²) >= 11 is 0. The van der Waals surface area contributed by atoms with Crippen molar-refractivity contribution in [3.63, 3.8) is 0 Å². The van der Waals surface area contributed by atoms with Gasteiger partial charge in [-0.1, -0.05) is 24.3 Å². The van der Waals surface area contributed by atoms with Crippen molar-refractivity contribution in [2.45, 2.75) is 25.8 Å². The number of carbonyl (C=O) groups excluding carboxylic acids is 2. The average molecular weight is 399 g/mol. The van der Waals surface area contributed by atoms with Gasteiger partial charge in [-0.05, 0) is 11.1 Å². The van der Waals surface area contributed by atoms with Gasteiger partial charge >= 0.3 is 11.9 Å². The number of rotatable bonds is 7. The molecule has 2 heterocycles. The van der Waals surface area contributed by atoms with Gasteiger partial charge in [-0.3, -0.25) is 14.2 Å². The maximum absolute atomic E-state index is 11.4. The molecule has 0 saturated heterocycles. The number of hydrogen-bond acceptors (Lipinski definition) is 9. The molecule has 0 atom stereocenters. The third kappa shape index (κ3) is 4.60. The Morgan fingerprint density at radius 1 is 1.03 bits per heavy atom. The standard InChI is InChI=1S/C19H21N5O5/c1-28-14(25)8-7-13-21-17(20)16-18(22-13)24(19(27)23-16)10-12-5-3-11(4-6-12)9-15(26)29-2/h3-6H,7-10H2,1-2H3,(H,23,27)(H2,20,21,22). The first-order chi connectivity index (χ1) is 13.9. The Hall–Kier alpha value is -3.69. The van der Waals surface area contributed by atoms with Crippen LogP contribution in [-0.2, 0) is 38.4 Å². The Morgan fingerprint density at radius 3 is 2.34 bits per heavy atom. The molecule has 0 aliphatic rings. The molecular formula is C19H21N5O5. The fraction of sp³-hybridized carbons (Fsp3) is 0.316. The van der Waals surface area contributed by atoms with E-state index in [9.17, 15) is 14.7 Å². The van der Waals surface area contributed by atoms with E-state index in [0.717, 1.165) is 11.1 Å². The number of fused-ring (bicyclic) bond motifs is 1. The summed E-state index contributed by atoms with van der Waals surface area (Å²) in [4.78, 5) is 35.3. The number of nitrogens with two attached hydrogens (primary N) is 1. The van der Waals surface area contributed by atoms with E-state index in [4.69, 9.17) is 5.73 Å². The van der Waals surface area contributed by atoms with E-state index >= 15 is 0 Å². The van der Waals surface area contributed by atoms with E-state index in [0.29, 0.717) is 11.5 Å². The van der Waals surface area contributed by atoms with Crippen LogP contribution in [-0.4, -0.2) is 50.8 Å². The van der Waals surface area contributed by atoms with E-state index in [1.807, 2.05) is 24.3 Å². The fourth-order valence-electron chi connectivity index (χ4n) is 2.81. The van der Waals surface area contributed by atoms with Crippen LogP contribution < -0.4 is 5.73 Å². The molecule has 1 aromatic carbocycles. The number of aromatic nitrogens is 4. The summed E-state index contributed by atoms with van der Waals surface area (Å²) in [6, 6.07) is 7.06. The smallest absolute Gasteiger partial charge is 0.309 e. The number of imidazole rings is 1. The van der Waals surface area contributed by atoms with Crippen LogP contribution in [0.3, 0.4) is 0 Å². The lowest BCUT2D eigenvalue weighted by atomic mass is 10.1. The minimum absolute atomic E-state index is 0.114. The zero-order valence-corrected chi connectivity index (χ0v) is 16.1. The second kappa shape index (κ2) is 8.55. The van der Waals surface area contributed by atoms with Gasteiger partial charge in [0.15, 0.2) is 17.0 Å². The lowest BCUT2D eigenvalue weighted by molar-refractivity contribution is -0.141. The number of aryl methyl sites for hydroxylation is 1. The lowest BCUT2D eigenvalue weighted by Crippen LogP contribution is -2.08. The molecule has 29 heavy (non-hydrogen) atoms. The normalized spacial score (nSPS) is 10.8. The number of nitrogen functional groups attached to an aromatic ring is 1. The van der Waals surface area contributed by atoms with Crippen molar-refractivity contribution in [1.82, 2.24) is 19.5 Å². The number of carbonyl (C=O) groups is 2. The molecule has 152 valence electrons. The number of nitrogens with zero attached hydrogens (tertiary/aromatic N) is 4. The zero-order chi connectivity index (χ0) is 21.0. The highest BCUT2D eigenvalue weighted by molar-refractivity contribution is 5.83. The van der Waals surface area contributed by atoms with E-state index in [-0.39, 0.29) is 55.1 Å². The molecule has 2 aromatic heterocycles. The summed E-state index contributed by atoms with van der Waals surface area (Å²) in [7, 11) is 2.65. The van der Waals surface area contributed by atoms with Crippen LogP contribution in [0.25, 0.3) is 11.2 Å². The highest BCUT2D eigenvalue weighted by Gasteiger charge is 2.17. The van der Waals surface area contributed by atoms with Crippen LogP contribution in [0.2, 0.25) is 0 Å². The molecule has 0 aliphatic heterocycles. The van der Waals surface area contributed by atoms with E-state index in [1.54, 1.807) is 0 Å². The zero-order valence-electron chi connectivity index (χ0n) is 16.1. The van der Waals surface area contributed by atoms with E-state index in [2.05, 4.69) is 24.4 Å². The lowest BCUT2D eigenvalue weighted by Gasteiger charge is -2.08. The number of benzene rings is 1. The summed E-state index contributed by atoms with van der Waals surface area (Å²) in [5.74, 6) is -0.217. The molecule has 10 heteroatoms. The topological polar surface area (TPSA) is 142 Å². The first-order valence-corrected chi connectivity index (χ1v) is 8.84. The molecule has 0 bridgehead atoms. The van der Waals surface area contributed by atoms with Crippen LogP contribution >= 0.6 is 0 Å². The molecule has 3 N–H and O–H groups in total. The SMILES string of the molecule is COC(=O)CCc1nc(N)c2nc(O)n(Cc3ccc(CC(=O)OC)cc3)c2n1. The fourth-order valence-corrected chi connectivity index (χ4v) is 2.81. The van der Waals surface area contributed by atoms with Crippen molar-refractivity contribution < 1.29 is 24.2 Å². The minimum Gasteiger partial charge on any atom is -0.480 e. The number of esters is 2. The number of methoxy groups -OCH3 is 2. The Labute approximate surface area is 166 Å². The van der Waals surface area contributed by atoms with Gasteiger partial charge in [0.1, 0.15) is 5.82 Å². The average Bonchev–Trinajstić information content (AvgIpc) is 3.03. The largest absolute Gasteiger partial charge is 0.480 e. The van der Waals surface area contributed by atoms with Gasteiger partial charge in [-0.25, -0.2) is 9.97 Å². The van der Waals surface area contributed by atoms with Crippen molar-refractivity contribution in [1.29, 1.82) is 0 Å². The van der Waals surface area contributed by atoms with Gasteiger partial charge < -0.3 is 20.3 Å². The van der Waals surface area contributed by atoms with Crippen LogP contribution in [0, 0.1) is 0 Å². The molecule has 3 aromatic rings. The predicted molar refractivity (Wildman–Crippen MR) is 103 cm³/mol. The van der Waals surface area contributed by atoms with Gasteiger partial charge in [0.25, 0.3) is 6.01 Å². The predicted octanol–water partition coefficient (Wildman–Crippen LogP) is 0.983. The maximum atomic E-state index is 11.4. The van der Waals surface area contributed by atoms with Crippen molar-refractivity contribution in [2.24, 2.45) is 0 Å². The van der Waals surface area contributed by atoms with Gasteiger partial charge in [0.05, 0.1) is 33.6 Å². The van der Waals surface area contributed by atoms with Crippen LogP contribution in [0.4, 0.5) is 5.82 Å². The van der Waals surface area contributed by atoms with Gasteiger partial charge in [0, 0.05) is 6.42 Å². The Morgan fingerprint density at radius 2 is 1.69 bits per heavy atom. The quantitative estimate of drug-likeness (QED) is 0.556. The molecule has 0 fully saturated rings. The second-order valence-corrected chi connectivity index (χ2v) is 6.34. The Bertz CT molecular complexity index is 1050. The van der Waals surface area contributed by atoms with Gasteiger partial charge in [-0.2, -0.15) is 4.98 Å². The molecular weight excluding hydrogens is 378 g/mol. The molecule has 0 spiro atoms.